The molecule has 0 aliphatic heterocycles. The summed E-state index contributed by atoms with van der Waals surface area (Å²) in [5.41, 5.74) is 1.29. The SMILES string of the molecule is Cc1cc(SCc2cccc(F)c2)nc(=O)[nH]1. The van der Waals surface area contributed by atoms with Crippen LogP contribution in [0.15, 0.2) is 40.2 Å². The Morgan fingerprint density at radius 2 is 2.24 bits per heavy atom. The van der Waals surface area contributed by atoms with Gasteiger partial charge < -0.3 is 4.98 Å². The van der Waals surface area contributed by atoms with E-state index in [9.17, 15) is 9.18 Å². The van der Waals surface area contributed by atoms with Crippen molar-refractivity contribution < 1.29 is 4.39 Å². The lowest BCUT2D eigenvalue weighted by Crippen LogP contribution is -2.11. The van der Waals surface area contributed by atoms with Crippen LogP contribution >= 0.6 is 11.8 Å². The Kier molecular flexibility index (Phi) is 3.58. The number of hydrogen-bond acceptors (Lipinski definition) is 3. The monoisotopic (exact) mass is 250 g/mol. The first-order chi connectivity index (χ1) is 8.13. The van der Waals surface area contributed by atoms with E-state index in [0.29, 0.717) is 10.8 Å². The lowest BCUT2D eigenvalue weighted by Gasteiger charge is -2.02. The molecule has 0 radical (unpaired) electrons. The Morgan fingerprint density at radius 3 is 2.94 bits per heavy atom. The second-order valence-corrected chi connectivity index (χ2v) is 4.62. The molecule has 0 aliphatic carbocycles. The van der Waals surface area contributed by atoms with Gasteiger partial charge in [0.15, 0.2) is 0 Å². The number of hydrogen-bond donors (Lipinski definition) is 1. The van der Waals surface area contributed by atoms with E-state index >= 15 is 0 Å². The average molecular weight is 250 g/mol. The van der Waals surface area contributed by atoms with Gasteiger partial charge in [-0.15, -0.1) is 11.8 Å². The summed E-state index contributed by atoms with van der Waals surface area (Å²) in [5.74, 6) is 0.339. The van der Waals surface area contributed by atoms with Crippen LogP contribution in [0.2, 0.25) is 0 Å². The summed E-state index contributed by atoms with van der Waals surface area (Å²) in [6, 6.07) is 8.19. The molecule has 0 saturated heterocycles. The van der Waals surface area contributed by atoms with Crippen molar-refractivity contribution in [3.05, 3.63) is 57.9 Å². The standard InChI is InChI=1S/C12H11FN2OS/c1-8-5-11(15-12(16)14-8)17-7-9-3-2-4-10(13)6-9/h2-6H,7H2,1H3,(H,14,15,16). The van der Waals surface area contributed by atoms with E-state index in [0.717, 1.165) is 11.3 Å². The Morgan fingerprint density at radius 1 is 1.41 bits per heavy atom. The third-order valence-electron chi connectivity index (χ3n) is 2.13. The number of aromatic nitrogens is 2. The zero-order valence-corrected chi connectivity index (χ0v) is 10.1. The summed E-state index contributed by atoms with van der Waals surface area (Å²) in [4.78, 5) is 17.5. The molecule has 0 saturated carbocycles. The number of H-pyrrole nitrogens is 1. The van der Waals surface area contributed by atoms with Gasteiger partial charge >= 0.3 is 5.69 Å². The summed E-state index contributed by atoms with van der Waals surface area (Å²) in [5, 5.41) is 0.649. The molecule has 5 heteroatoms. The molecule has 0 unspecified atom stereocenters. The third kappa shape index (κ3) is 3.42. The molecule has 1 aromatic carbocycles. The van der Waals surface area contributed by atoms with Crippen LogP contribution in [0.3, 0.4) is 0 Å². The summed E-state index contributed by atoms with van der Waals surface area (Å²) < 4.78 is 12.9. The molecule has 3 nitrogen and oxygen atoms in total. The van der Waals surface area contributed by atoms with Crippen molar-refractivity contribution in [3.63, 3.8) is 0 Å². The van der Waals surface area contributed by atoms with E-state index in [4.69, 9.17) is 0 Å². The van der Waals surface area contributed by atoms with Gasteiger partial charge in [-0.2, -0.15) is 4.98 Å². The van der Waals surface area contributed by atoms with E-state index in [1.807, 2.05) is 6.07 Å². The van der Waals surface area contributed by atoms with E-state index in [1.165, 1.54) is 23.9 Å². The maximum atomic E-state index is 12.9. The van der Waals surface area contributed by atoms with Gasteiger partial charge in [-0.25, -0.2) is 9.18 Å². The summed E-state index contributed by atoms with van der Waals surface area (Å²) in [6.45, 7) is 1.80. The third-order valence-corrected chi connectivity index (χ3v) is 3.11. The number of rotatable bonds is 3. The molecule has 17 heavy (non-hydrogen) atoms. The Bertz CT molecular complexity index is 583. The topological polar surface area (TPSA) is 45.8 Å². The highest BCUT2D eigenvalue weighted by molar-refractivity contribution is 7.98. The Hall–Kier alpha value is -1.62. The second kappa shape index (κ2) is 5.14. The van der Waals surface area contributed by atoms with Gasteiger partial charge in [0.2, 0.25) is 0 Å². The molecular weight excluding hydrogens is 239 g/mol. The van der Waals surface area contributed by atoms with Crippen LogP contribution in [0.5, 0.6) is 0 Å². The van der Waals surface area contributed by atoms with Crippen LogP contribution in [0.25, 0.3) is 0 Å². The minimum Gasteiger partial charge on any atom is -0.310 e. The highest BCUT2D eigenvalue weighted by atomic mass is 32.2. The van der Waals surface area contributed by atoms with Crippen molar-refractivity contribution in [1.29, 1.82) is 0 Å². The summed E-state index contributed by atoms with van der Waals surface area (Å²) >= 11 is 1.41. The zero-order chi connectivity index (χ0) is 12.3. The normalized spacial score (nSPS) is 10.5. The van der Waals surface area contributed by atoms with Crippen molar-refractivity contribution >= 4 is 11.8 Å². The molecule has 0 amide bonds. The van der Waals surface area contributed by atoms with Gasteiger partial charge in [0, 0.05) is 11.4 Å². The van der Waals surface area contributed by atoms with Gasteiger partial charge in [-0.3, -0.25) is 0 Å². The van der Waals surface area contributed by atoms with E-state index < -0.39 is 0 Å². The molecule has 0 fully saturated rings. The van der Waals surface area contributed by atoms with Crippen molar-refractivity contribution in [2.75, 3.05) is 0 Å². The van der Waals surface area contributed by atoms with Crippen LogP contribution < -0.4 is 5.69 Å². The number of benzene rings is 1. The molecule has 0 aliphatic rings. The van der Waals surface area contributed by atoms with Crippen molar-refractivity contribution in [3.8, 4) is 0 Å². The zero-order valence-electron chi connectivity index (χ0n) is 9.24. The molecule has 0 spiro atoms. The molecule has 0 atom stereocenters. The lowest BCUT2D eigenvalue weighted by molar-refractivity contribution is 0.626. The minimum absolute atomic E-state index is 0.252. The molecular formula is C12H11FN2OS. The number of nitrogens with one attached hydrogen (secondary N) is 1. The maximum Gasteiger partial charge on any atom is 0.346 e. The number of halogens is 1. The fourth-order valence-electron chi connectivity index (χ4n) is 1.41. The molecule has 1 heterocycles. The highest BCUT2D eigenvalue weighted by Gasteiger charge is 2.01. The molecule has 0 bridgehead atoms. The summed E-state index contributed by atoms with van der Waals surface area (Å²) in [6.07, 6.45) is 0. The largest absolute Gasteiger partial charge is 0.346 e. The predicted molar refractivity (Wildman–Crippen MR) is 65.6 cm³/mol. The lowest BCUT2D eigenvalue weighted by atomic mass is 10.2. The first kappa shape index (κ1) is 11.9. The van der Waals surface area contributed by atoms with Gasteiger partial charge in [-0.05, 0) is 30.7 Å². The molecule has 1 N–H and O–H groups in total. The van der Waals surface area contributed by atoms with Crippen LogP contribution in [0.4, 0.5) is 4.39 Å². The average Bonchev–Trinajstić information content (AvgIpc) is 2.25. The van der Waals surface area contributed by atoms with Crippen molar-refractivity contribution in [2.24, 2.45) is 0 Å². The fraction of sp³-hybridized carbons (Fsp3) is 0.167. The van der Waals surface area contributed by atoms with Gasteiger partial charge in [0.05, 0.1) is 0 Å². The smallest absolute Gasteiger partial charge is 0.310 e. The van der Waals surface area contributed by atoms with Gasteiger partial charge in [0.1, 0.15) is 10.8 Å². The van der Waals surface area contributed by atoms with E-state index in [1.54, 1.807) is 19.1 Å². The number of nitrogens with zero attached hydrogens (tertiary/aromatic N) is 1. The minimum atomic E-state index is -0.355. The second-order valence-electron chi connectivity index (χ2n) is 3.63. The number of aryl methyl sites for hydroxylation is 1. The van der Waals surface area contributed by atoms with Crippen LogP contribution in [-0.2, 0) is 5.75 Å². The maximum absolute atomic E-state index is 12.9. The highest BCUT2D eigenvalue weighted by Crippen LogP contribution is 2.20. The van der Waals surface area contributed by atoms with E-state index in [-0.39, 0.29) is 11.5 Å². The first-order valence-electron chi connectivity index (χ1n) is 5.09. The van der Waals surface area contributed by atoms with Crippen LogP contribution in [0.1, 0.15) is 11.3 Å². The van der Waals surface area contributed by atoms with Crippen LogP contribution in [0, 0.1) is 12.7 Å². The fourth-order valence-corrected chi connectivity index (χ4v) is 2.31. The molecule has 2 rings (SSSR count). The first-order valence-corrected chi connectivity index (χ1v) is 6.07. The van der Waals surface area contributed by atoms with Crippen molar-refractivity contribution in [1.82, 2.24) is 9.97 Å². The number of thioether (sulfide) groups is 1. The summed E-state index contributed by atoms with van der Waals surface area (Å²) in [7, 11) is 0. The Labute approximate surface area is 102 Å². The molecule has 1 aromatic heterocycles. The molecule has 88 valence electrons. The van der Waals surface area contributed by atoms with Crippen LogP contribution in [-0.4, -0.2) is 9.97 Å². The van der Waals surface area contributed by atoms with Crippen molar-refractivity contribution in [2.45, 2.75) is 17.7 Å². The van der Waals surface area contributed by atoms with E-state index in [2.05, 4.69) is 9.97 Å². The van der Waals surface area contributed by atoms with Gasteiger partial charge in [0.25, 0.3) is 0 Å². The predicted octanol–water partition coefficient (Wildman–Crippen LogP) is 2.51. The number of aromatic amines is 1. The molecule has 2 aromatic rings. The quantitative estimate of drug-likeness (QED) is 0.672. The van der Waals surface area contributed by atoms with Gasteiger partial charge in [-0.1, -0.05) is 12.1 Å². The Balaban J connectivity index is 2.09.